The number of pyridine rings is 1. The summed E-state index contributed by atoms with van der Waals surface area (Å²) in [4.78, 5) is 10.1. The van der Waals surface area contributed by atoms with Gasteiger partial charge in [0.15, 0.2) is 0 Å². The van der Waals surface area contributed by atoms with Gasteiger partial charge in [-0.2, -0.15) is 0 Å². The Hall–Kier alpha value is -7.37. The fourth-order valence-corrected chi connectivity index (χ4v) is 10.4. The predicted octanol–water partition coefficient (Wildman–Crippen LogP) is 17.5. The monoisotopic (exact) mass is 919 g/mol. The summed E-state index contributed by atoms with van der Waals surface area (Å²) in [7, 11) is 0. The summed E-state index contributed by atoms with van der Waals surface area (Å²) >= 11 is 0. The molecule has 0 fully saturated rings. The smallest absolute Gasteiger partial charge is 0.137 e. The topological polar surface area (TPSA) is 33.5 Å². The van der Waals surface area contributed by atoms with E-state index in [9.17, 15) is 0 Å². The third-order valence-electron chi connectivity index (χ3n) is 14.1. The second kappa shape index (κ2) is 17.5. The van der Waals surface area contributed by atoms with Crippen LogP contribution in [0.3, 0.4) is 0 Å². The Kier molecular flexibility index (Phi) is 11.6. The lowest BCUT2D eigenvalue weighted by molar-refractivity contribution is 0.444. The summed E-state index contributed by atoms with van der Waals surface area (Å²) in [5.41, 5.74) is 14.8. The minimum atomic E-state index is -0.195. The van der Waals surface area contributed by atoms with Gasteiger partial charge in [0.2, 0.25) is 0 Å². The fourth-order valence-electron chi connectivity index (χ4n) is 10.4. The maximum atomic E-state index is 7.14. The normalized spacial score (nSPS) is 13.8. The summed E-state index contributed by atoms with van der Waals surface area (Å²) in [6.45, 7) is 26.2. The lowest BCUT2D eigenvalue weighted by Gasteiger charge is -2.34. The molecular formula is C65H66N4O. The van der Waals surface area contributed by atoms with Crippen LogP contribution in [0, 0.1) is 10.8 Å². The highest BCUT2D eigenvalue weighted by molar-refractivity contribution is 6.10. The van der Waals surface area contributed by atoms with Gasteiger partial charge in [0.05, 0.1) is 17.7 Å². The van der Waals surface area contributed by atoms with E-state index in [4.69, 9.17) is 9.72 Å². The minimum Gasteiger partial charge on any atom is -0.457 e. The number of fused-ring (bicyclic) bond motifs is 3. The first-order valence-corrected chi connectivity index (χ1v) is 24.8. The zero-order chi connectivity index (χ0) is 49.2. The maximum Gasteiger partial charge on any atom is 0.137 e. The first-order chi connectivity index (χ1) is 33.3. The number of hydrogen-bond acceptors (Lipinski definition) is 4. The third kappa shape index (κ3) is 8.79. The van der Waals surface area contributed by atoms with Crippen LogP contribution in [0.25, 0.3) is 49.9 Å². The van der Waals surface area contributed by atoms with Gasteiger partial charge in [-0.05, 0) is 105 Å². The molecule has 0 saturated carbocycles. The molecule has 0 unspecified atom stereocenters. The molecular weight excluding hydrogens is 853 g/mol. The molecule has 0 atom stereocenters. The number of hydrogen-bond donors (Lipinski definition) is 0. The molecule has 1 aliphatic heterocycles. The maximum absolute atomic E-state index is 7.14. The van der Waals surface area contributed by atoms with Crippen LogP contribution in [0.2, 0.25) is 0 Å². The van der Waals surface area contributed by atoms with Crippen LogP contribution in [0.5, 0.6) is 11.5 Å². The molecule has 3 heterocycles. The van der Waals surface area contributed by atoms with Gasteiger partial charge in [-0.25, -0.2) is 4.98 Å². The summed E-state index contributed by atoms with van der Waals surface area (Å²) in [6.07, 6.45) is 1.94. The number of benzene rings is 7. The van der Waals surface area contributed by atoms with Crippen LogP contribution in [0.4, 0.5) is 11.4 Å². The molecule has 0 amide bonds. The molecule has 0 aliphatic carbocycles. The van der Waals surface area contributed by atoms with E-state index in [0.717, 1.165) is 50.6 Å². The molecule has 5 heteroatoms. The lowest BCUT2D eigenvalue weighted by atomic mass is 9.78. The number of aromatic nitrogens is 2. The van der Waals surface area contributed by atoms with Crippen molar-refractivity contribution in [2.24, 2.45) is 10.8 Å². The minimum absolute atomic E-state index is 0.0436. The Morgan fingerprint density at radius 3 is 1.66 bits per heavy atom. The van der Waals surface area contributed by atoms with Crippen LogP contribution in [0.1, 0.15) is 92.9 Å². The first-order valence-electron chi connectivity index (χ1n) is 24.8. The molecule has 70 heavy (non-hydrogen) atoms. The predicted molar refractivity (Wildman–Crippen MR) is 295 cm³/mol. The molecule has 7 aromatic carbocycles. The lowest BCUT2D eigenvalue weighted by Crippen LogP contribution is -2.31. The highest BCUT2D eigenvalue weighted by atomic mass is 16.5. The van der Waals surface area contributed by atoms with E-state index in [-0.39, 0.29) is 21.7 Å². The van der Waals surface area contributed by atoms with E-state index in [1.54, 1.807) is 0 Å². The van der Waals surface area contributed by atoms with Gasteiger partial charge in [-0.3, -0.25) is 4.57 Å². The first kappa shape index (κ1) is 46.4. The SMILES string of the molecule is CC(C)(C)C1=C(C(C)(C)C)N(c2cccc(C(C)(C)c3ccccc3)c2)CN1c1cc(Oc2ccc3c4cc(-c5ccccc5)ccc4n(-c4cc(C(C)(C)C)ccn4)c3c2)cc(-c2ccccc2)c1. The van der Waals surface area contributed by atoms with Gasteiger partial charge >= 0.3 is 0 Å². The Morgan fingerprint density at radius 1 is 0.400 bits per heavy atom. The second-order valence-electron chi connectivity index (χ2n) is 22.7. The third-order valence-corrected chi connectivity index (χ3v) is 14.1. The van der Waals surface area contributed by atoms with Gasteiger partial charge < -0.3 is 14.5 Å². The number of allylic oxidation sites excluding steroid dienone is 2. The van der Waals surface area contributed by atoms with Gasteiger partial charge in [0.1, 0.15) is 17.3 Å². The Bertz CT molecular complexity index is 3400. The summed E-state index contributed by atoms with van der Waals surface area (Å²) in [5, 5.41) is 2.31. The highest BCUT2D eigenvalue weighted by Crippen LogP contribution is 2.50. The molecule has 352 valence electrons. The Balaban J connectivity index is 1.11. The van der Waals surface area contributed by atoms with E-state index in [1.165, 1.54) is 50.3 Å². The molecule has 0 bridgehead atoms. The van der Waals surface area contributed by atoms with Crippen molar-refractivity contribution in [3.63, 3.8) is 0 Å². The molecule has 0 spiro atoms. The second-order valence-corrected chi connectivity index (χ2v) is 22.7. The van der Waals surface area contributed by atoms with Crippen molar-refractivity contribution in [3.8, 4) is 39.6 Å². The molecule has 0 radical (unpaired) electrons. The number of rotatable bonds is 9. The Morgan fingerprint density at radius 2 is 1.01 bits per heavy atom. The average molecular weight is 919 g/mol. The van der Waals surface area contributed by atoms with Crippen molar-refractivity contribution in [2.45, 2.75) is 87.0 Å². The van der Waals surface area contributed by atoms with E-state index in [2.05, 4.69) is 273 Å². The van der Waals surface area contributed by atoms with Crippen molar-refractivity contribution in [1.29, 1.82) is 0 Å². The van der Waals surface area contributed by atoms with Crippen LogP contribution in [-0.4, -0.2) is 16.2 Å². The van der Waals surface area contributed by atoms with Crippen molar-refractivity contribution in [1.82, 2.24) is 9.55 Å². The summed E-state index contributed by atoms with van der Waals surface area (Å²) in [6, 6.07) is 65.8. The molecule has 1 aliphatic rings. The van der Waals surface area contributed by atoms with Gasteiger partial charge in [-0.15, -0.1) is 0 Å². The van der Waals surface area contributed by atoms with Gasteiger partial charge in [-0.1, -0.05) is 185 Å². The molecule has 0 N–H and O–H groups in total. The van der Waals surface area contributed by atoms with E-state index < -0.39 is 0 Å². The van der Waals surface area contributed by atoms with Gasteiger partial charge in [0.25, 0.3) is 0 Å². The zero-order valence-corrected chi connectivity index (χ0v) is 42.8. The van der Waals surface area contributed by atoms with Crippen molar-refractivity contribution < 1.29 is 4.74 Å². The number of ether oxygens (including phenoxy) is 1. The number of anilines is 2. The highest BCUT2D eigenvalue weighted by Gasteiger charge is 2.42. The number of nitrogens with zero attached hydrogens (tertiary/aromatic N) is 4. The summed E-state index contributed by atoms with van der Waals surface area (Å²) < 4.78 is 9.44. The van der Waals surface area contributed by atoms with E-state index >= 15 is 0 Å². The largest absolute Gasteiger partial charge is 0.457 e. The van der Waals surface area contributed by atoms with Crippen molar-refractivity contribution in [3.05, 3.63) is 216 Å². The van der Waals surface area contributed by atoms with Crippen molar-refractivity contribution >= 4 is 33.2 Å². The molecule has 9 aromatic rings. The summed E-state index contributed by atoms with van der Waals surface area (Å²) in [5.74, 6) is 2.41. The van der Waals surface area contributed by atoms with Crippen LogP contribution >= 0.6 is 0 Å². The van der Waals surface area contributed by atoms with Gasteiger partial charge in [0, 0.05) is 68.1 Å². The van der Waals surface area contributed by atoms with E-state index in [0.29, 0.717) is 6.67 Å². The van der Waals surface area contributed by atoms with Crippen LogP contribution in [0.15, 0.2) is 200 Å². The van der Waals surface area contributed by atoms with Crippen LogP contribution in [-0.2, 0) is 10.8 Å². The average Bonchev–Trinajstić information content (AvgIpc) is 3.93. The quantitative estimate of drug-likeness (QED) is 0.144. The fraction of sp³-hybridized carbons (Fsp3) is 0.246. The Labute approximate surface area is 415 Å². The van der Waals surface area contributed by atoms with E-state index in [1.807, 2.05) is 6.20 Å². The zero-order valence-electron chi connectivity index (χ0n) is 42.8. The standard InChI is InChI=1S/C65H66N4O/c1-62(2,3)49-34-35-66-59(40-49)69-57-33-30-46(44-22-15-12-16-23-44)38-56(57)55-32-31-53(42-58(55)69)70-54-37-47(45-24-17-13-18-25-45)36-52(41-54)68-43-67(60(63(4,5)6)61(68)64(7,8)9)51-29-21-28-50(39-51)65(10,11)48-26-19-14-20-27-48/h12-42H,43H2,1-11H3. The molecule has 0 saturated heterocycles. The van der Waals surface area contributed by atoms with Crippen LogP contribution < -0.4 is 14.5 Å². The molecule has 2 aromatic heterocycles. The molecule has 10 rings (SSSR count). The van der Waals surface area contributed by atoms with Crippen molar-refractivity contribution in [2.75, 3.05) is 16.5 Å². The molecule has 5 nitrogen and oxygen atoms in total.